The molecule has 2 heterocycles. The fourth-order valence-electron chi connectivity index (χ4n) is 2.99. The van der Waals surface area contributed by atoms with Crippen LogP contribution in [-0.4, -0.2) is 40.7 Å². The monoisotopic (exact) mass is 332 g/mol. The lowest BCUT2D eigenvalue weighted by Gasteiger charge is -2.32. The third kappa shape index (κ3) is 3.54. The van der Waals surface area contributed by atoms with Crippen LogP contribution in [0.3, 0.4) is 0 Å². The van der Waals surface area contributed by atoms with E-state index in [1.165, 1.54) is 0 Å². The third-order valence-corrected chi connectivity index (χ3v) is 5.08. The van der Waals surface area contributed by atoms with E-state index in [-0.39, 0.29) is 6.04 Å². The number of piperidine rings is 1. The number of carbonyl (C=O) groups is 1. The topological polar surface area (TPSA) is 62.7 Å². The van der Waals surface area contributed by atoms with Crippen molar-refractivity contribution in [2.24, 2.45) is 0 Å². The van der Waals surface area contributed by atoms with Crippen molar-refractivity contribution in [3.8, 4) is 16.3 Å². The minimum Gasteiger partial charge on any atom is -0.496 e. The number of likely N-dealkylation sites (tertiary alicyclic amines) is 1. The molecule has 0 radical (unpaired) electrons. The van der Waals surface area contributed by atoms with Crippen LogP contribution >= 0.6 is 11.3 Å². The first-order chi connectivity index (χ1) is 11.2. The first-order valence-electron chi connectivity index (χ1n) is 7.73. The van der Waals surface area contributed by atoms with Gasteiger partial charge in [-0.25, -0.2) is 4.98 Å². The van der Waals surface area contributed by atoms with Crippen LogP contribution < -0.4 is 4.74 Å². The molecule has 122 valence electrons. The lowest BCUT2D eigenvalue weighted by atomic mass is 10.0. The molecule has 5 nitrogen and oxygen atoms in total. The second-order valence-corrected chi connectivity index (χ2v) is 6.52. The van der Waals surface area contributed by atoms with Crippen LogP contribution in [0.25, 0.3) is 10.6 Å². The molecule has 0 amide bonds. The van der Waals surface area contributed by atoms with E-state index in [1.807, 2.05) is 34.5 Å². The molecule has 1 atom stereocenters. The summed E-state index contributed by atoms with van der Waals surface area (Å²) in [5, 5.41) is 12.3. The number of rotatable bonds is 5. The summed E-state index contributed by atoms with van der Waals surface area (Å²) in [6.45, 7) is 1.40. The first-order valence-corrected chi connectivity index (χ1v) is 8.61. The highest BCUT2D eigenvalue weighted by Crippen LogP contribution is 2.32. The molecule has 1 aliphatic rings. The van der Waals surface area contributed by atoms with Gasteiger partial charge in [-0.05, 0) is 31.5 Å². The zero-order chi connectivity index (χ0) is 16.2. The number of carboxylic acids is 1. The van der Waals surface area contributed by atoms with Crippen molar-refractivity contribution < 1.29 is 14.6 Å². The Balaban J connectivity index is 1.78. The number of hydrogen-bond donors (Lipinski definition) is 1. The molecule has 0 saturated carbocycles. The molecule has 0 bridgehead atoms. The van der Waals surface area contributed by atoms with Crippen LogP contribution in [0.1, 0.15) is 25.0 Å². The summed E-state index contributed by atoms with van der Waals surface area (Å²) in [5.74, 6) is 0.0691. The largest absolute Gasteiger partial charge is 0.496 e. The molecule has 3 rings (SSSR count). The van der Waals surface area contributed by atoms with Crippen molar-refractivity contribution in [3.05, 3.63) is 35.3 Å². The third-order valence-electron chi connectivity index (χ3n) is 4.15. The molecule has 1 unspecified atom stereocenters. The Labute approximate surface area is 139 Å². The van der Waals surface area contributed by atoms with E-state index in [4.69, 9.17) is 4.74 Å². The number of ether oxygens (including phenoxy) is 1. The van der Waals surface area contributed by atoms with Gasteiger partial charge >= 0.3 is 5.97 Å². The normalized spacial score (nSPS) is 18.7. The van der Waals surface area contributed by atoms with Gasteiger partial charge in [0.05, 0.1) is 18.4 Å². The summed E-state index contributed by atoms with van der Waals surface area (Å²) in [5.41, 5.74) is 1.89. The van der Waals surface area contributed by atoms with Gasteiger partial charge in [0.15, 0.2) is 0 Å². The minimum atomic E-state index is -0.732. The summed E-state index contributed by atoms with van der Waals surface area (Å²) in [4.78, 5) is 18.1. The number of aromatic nitrogens is 1. The number of benzene rings is 1. The Morgan fingerprint density at radius 1 is 1.43 bits per heavy atom. The van der Waals surface area contributed by atoms with Crippen LogP contribution in [0.4, 0.5) is 0 Å². The van der Waals surface area contributed by atoms with Gasteiger partial charge in [-0.2, -0.15) is 0 Å². The molecule has 1 saturated heterocycles. The highest BCUT2D eigenvalue weighted by Gasteiger charge is 2.28. The number of para-hydroxylation sites is 1. The molecule has 2 aromatic rings. The lowest BCUT2D eigenvalue weighted by Crippen LogP contribution is -2.44. The van der Waals surface area contributed by atoms with Gasteiger partial charge in [0, 0.05) is 11.9 Å². The smallest absolute Gasteiger partial charge is 0.320 e. The number of hydrogen-bond acceptors (Lipinski definition) is 5. The zero-order valence-electron chi connectivity index (χ0n) is 13.1. The molecule has 1 aromatic carbocycles. The van der Waals surface area contributed by atoms with E-state index < -0.39 is 5.97 Å². The number of aliphatic carboxylic acids is 1. The Morgan fingerprint density at radius 2 is 2.26 bits per heavy atom. The minimum absolute atomic E-state index is 0.389. The second-order valence-electron chi connectivity index (χ2n) is 5.66. The molecular weight excluding hydrogens is 312 g/mol. The molecule has 0 spiro atoms. The standard InChI is InChI=1S/C17H20N2O3S/c1-22-15-8-3-2-6-13(15)16-18-12(11-23-16)10-19-9-5-4-7-14(19)17(20)21/h2-3,6,8,11,14H,4-5,7,9-10H2,1H3,(H,20,21). The fourth-order valence-corrected chi connectivity index (χ4v) is 3.83. The van der Waals surface area contributed by atoms with E-state index in [0.717, 1.165) is 47.8 Å². The predicted octanol–water partition coefficient (Wildman–Crippen LogP) is 3.26. The van der Waals surface area contributed by atoms with Crippen LogP contribution in [0.2, 0.25) is 0 Å². The van der Waals surface area contributed by atoms with Crippen LogP contribution in [-0.2, 0) is 11.3 Å². The van der Waals surface area contributed by atoms with E-state index >= 15 is 0 Å². The number of nitrogens with zero attached hydrogens (tertiary/aromatic N) is 2. The van der Waals surface area contributed by atoms with Crippen molar-refractivity contribution in [3.63, 3.8) is 0 Å². The Morgan fingerprint density at radius 3 is 3.04 bits per heavy atom. The lowest BCUT2D eigenvalue weighted by molar-refractivity contribution is -0.144. The predicted molar refractivity (Wildman–Crippen MR) is 89.8 cm³/mol. The summed E-state index contributed by atoms with van der Waals surface area (Å²) in [6, 6.07) is 7.41. The average Bonchev–Trinajstić information content (AvgIpc) is 3.03. The maximum Gasteiger partial charge on any atom is 0.320 e. The van der Waals surface area contributed by atoms with Crippen molar-refractivity contribution >= 4 is 17.3 Å². The van der Waals surface area contributed by atoms with Gasteiger partial charge in [0.25, 0.3) is 0 Å². The average molecular weight is 332 g/mol. The maximum absolute atomic E-state index is 11.4. The van der Waals surface area contributed by atoms with Gasteiger partial charge in [-0.15, -0.1) is 11.3 Å². The van der Waals surface area contributed by atoms with Gasteiger partial charge < -0.3 is 9.84 Å². The summed E-state index contributed by atoms with van der Waals surface area (Å²) in [6.07, 6.45) is 2.75. The van der Waals surface area contributed by atoms with Crippen molar-refractivity contribution in [1.82, 2.24) is 9.88 Å². The van der Waals surface area contributed by atoms with Crippen molar-refractivity contribution in [1.29, 1.82) is 0 Å². The quantitative estimate of drug-likeness (QED) is 0.910. The molecule has 1 aliphatic heterocycles. The molecule has 1 fully saturated rings. The molecule has 0 aliphatic carbocycles. The van der Waals surface area contributed by atoms with Gasteiger partial charge in [-0.3, -0.25) is 9.69 Å². The van der Waals surface area contributed by atoms with Crippen molar-refractivity contribution in [2.45, 2.75) is 31.8 Å². The first kappa shape index (κ1) is 16.0. The van der Waals surface area contributed by atoms with E-state index in [2.05, 4.69) is 4.98 Å². The second kappa shape index (κ2) is 7.10. The molecule has 23 heavy (non-hydrogen) atoms. The number of methoxy groups -OCH3 is 1. The van der Waals surface area contributed by atoms with Crippen LogP contribution in [0.5, 0.6) is 5.75 Å². The van der Waals surface area contributed by atoms with Crippen molar-refractivity contribution in [2.75, 3.05) is 13.7 Å². The van der Waals surface area contributed by atoms with Crippen LogP contribution in [0, 0.1) is 0 Å². The number of carboxylic acid groups (broad SMARTS) is 1. The van der Waals surface area contributed by atoms with E-state index in [9.17, 15) is 9.90 Å². The molecule has 6 heteroatoms. The zero-order valence-corrected chi connectivity index (χ0v) is 13.9. The van der Waals surface area contributed by atoms with Gasteiger partial charge in [0.1, 0.15) is 16.8 Å². The van der Waals surface area contributed by atoms with E-state index in [0.29, 0.717) is 6.54 Å². The molecule has 1 N–H and O–H groups in total. The SMILES string of the molecule is COc1ccccc1-c1nc(CN2CCCCC2C(=O)O)cs1. The molecular formula is C17H20N2O3S. The highest BCUT2D eigenvalue weighted by atomic mass is 32.1. The summed E-state index contributed by atoms with van der Waals surface area (Å²) in [7, 11) is 1.65. The number of thiazole rings is 1. The van der Waals surface area contributed by atoms with Gasteiger partial charge in [0.2, 0.25) is 0 Å². The Bertz CT molecular complexity index is 686. The van der Waals surface area contributed by atoms with Crippen LogP contribution in [0.15, 0.2) is 29.6 Å². The highest BCUT2D eigenvalue weighted by molar-refractivity contribution is 7.13. The fraction of sp³-hybridized carbons (Fsp3) is 0.412. The maximum atomic E-state index is 11.4. The summed E-state index contributed by atoms with van der Waals surface area (Å²) < 4.78 is 5.39. The Hall–Kier alpha value is -1.92. The van der Waals surface area contributed by atoms with Gasteiger partial charge in [-0.1, -0.05) is 18.6 Å². The summed E-state index contributed by atoms with van der Waals surface area (Å²) >= 11 is 1.57. The van der Waals surface area contributed by atoms with E-state index in [1.54, 1.807) is 18.4 Å². The molecule has 1 aromatic heterocycles. The Kier molecular flexibility index (Phi) is 4.93.